The van der Waals surface area contributed by atoms with Gasteiger partial charge in [-0.15, -0.1) is 0 Å². The highest BCUT2D eigenvalue weighted by atomic mass is 16.5. The number of benzene rings is 2. The van der Waals surface area contributed by atoms with Crippen LogP contribution in [0.1, 0.15) is 18.1 Å². The van der Waals surface area contributed by atoms with Crippen molar-refractivity contribution in [1.29, 1.82) is 0 Å². The molecule has 8 heteroatoms. The molecule has 156 valence electrons. The number of ether oxygens (including phenoxy) is 2. The van der Waals surface area contributed by atoms with Crippen LogP contribution in [0.3, 0.4) is 0 Å². The fraction of sp³-hybridized carbons (Fsp3) is 0.227. The quantitative estimate of drug-likeness (QED) is 0.654. The lowest BCUT2D eigenvalue weighted by molar-refractivity contribution is -0.125. The van der Waals surface area contributed by atoms with Gasteiger partial charge in [0.1, 0.15) is 0 Å². The molecule has 3 rings (SSSR count). The van der Waals surface area contributed by atoms with Gasteiger partial charge in [0.25, 0.3) is 5.91 Å². The second-order valence-corrected chi connectivity index (χ2v) is 6.54. The van der Waals surface area contributed by atoms with Gasteiger partial charge in [-0.3, -0.25) is 14.5 Å². The van der Waals surface area contributed by atoms with Crippen molar-refractivity contribution in [3.8, 4) is 11.5 Å². The highest BCUT2D eigenvalue weighted by molar-refractivity contribution is 6.02. The molecule has 1 aliphatic heterocycles. The Morgan fingerprint density at radius 3 is 2.70 bits per heavy atom. The number of rotatable bonds is 8. The molecule has 2 N–H and O–H groups in total. The summed E-state index contributed by atoms with van der Waals surface area (Å²) in [5, 5.41) is 5.24. The fourth-order valence-corrected chi connectivity index (χ4v) is 2.99. The van der Waals surface area contributed by atoms with Crippen LogP contribution in [0, 0.1) is 0 Å². The van der Waals surface area contributed by atoms with Gasteiger partial charge in [-0.25, -0.2) is 4.79 Å². The number of urea groups is 1. The van der Waals surface area contributed by atoms with Crippen molar-refractivity contribution in [2.45, 2.75) is 13.5 Å². The third-order valence-electron chi connectivity index (χ3n) is 4.46. The van der Waals surface area contributed by atoms with Crippen LogP contribution >= 0.6 is 0 Å². The number of carbonyl (C=O) groups is 3. The van der Waals surface area contributed by atoms with E-state index in [1.807, 2.05) is 31.2 Å². The van der Waals surface area contributed by atoms with E-state index in [-0.39, 0.29) is 31.5 Å². The molecule has 0 spiro atoms. The molecule has 0 bridgehead atoms. The van der Waals surface area contributed by atoms with Crippen LogP contribution in [0.4, 0.5) is 10.5 Å². The molecule has 0 aliphatic carbocycles. The van der Waals surface area contributed by atoms with E-state index < -0.39 is 6.03 Å². The Hall–Kier alpha value is -3.81. The van der Waals surface area contributed by atoms with Gasteiger partial charge in [0, 0.05) is 5.69 Å². The van der Waals surface area contributed by atoms with Crippen molar-refractivity contribution in [2.24, 2.45) is 0 Å². The zero-order valence-corrected chi connectivity index (χ0v) is 16.8. The molecule has 0 saturated carbocycles. The Kier molecular flexibility index (Phi) is 6.69. The maximum absolute atomic E-state index is 12.4. The molecule has 0 atom stereocenters. The summed E-state index contributed by atoms with van der Waals surface area (Å²) in [6.07, 6.45) is 3.85. The third-order valence-corrected chi connectivity index (χ3v) is 4.46. The first-order chi connectivity index (χ1) is 14.5. The first-order valence-corrected chi connectivity index (χ1v) is 9.41. The topological polar surface area (TPSA) is 97.0 Å². The molecule has 1 saturated heterocycles. The lowest BCUT2D eigenvalue weighted by Gasteiger charge is -2.16. The normalized spacial score (nSPS) is 13.5. The van der Waals surface area contributed by atoms with Gasteiger partial charge in [-0.05, 0) is 36.2 Å². The molecule has 1 heterocycles. The lowest BCUT2D eigenvalue weighted by Crippen LogP contribution is -2.31. The average Bonchev–Trinajstić information content (AvgIpc) is 3.06. The van der Waals surface area contributed by atoms with E-state index in [1.165, 1.54) is 7.11 Å². The molecule has 1 aliphatic rings. The van der Waals surface area contributed by atoms with Crippen molar-refractivity contribution < 1.29 is 23.9 Å². The monoisotopic (exact) mass is 409 g/mol. The Morgan fingerprint density at radius 1 is 1.20 bits per heavy atom. The van der Waals surface area contributed by atoms with Gasteiger partial charge < -0.3 is 20.1 Å². The molecule has 30 heavy (non-hydrogen) atoms. The zero-order valence-electron chi connectivity index (χ0n) is 16.8. The Balaban J connectivity index is 1.64. The SMILES string of the molecule is C/C=C/c1ccc(OCC(=O)Nc2ccccc2CN2C(=O)CNC2=O)c(OC)c1. The first-order valence-electron chi connectivity index (χ1n) is 9.41. The zero-order chi connectivity index (χ0) is 21.5. The van der Waals surface area contributed by atoms with Crippen LogP contribution in [-0.2, 0) is 16.1 Å². The van der Waals surface area contributed by atoms with E-state index in [1.54, 1.807) is 30.3 Å². The molecule has 8 nitrogen and oxygen atoms in total. The predicted molar refractivity (Wildman–Crippen MR) is 112 cm³/mol. The average molecular weight is 409 g/mol. The van der Waals surface area contributed by atoms with E-state index in [0.717, 1.165) is 10.5 Å². The Bertz CT molecular complexity index is 970. The van der Waals surface area contributed by atoms with E-state index in [4.69, 9.17) is 9.47 Å². The maximum Gasteiger partial charge on any atom is 0.324 e. The number of amides is 4. The summed E-state index contributed by atoms with van der Waals surface area (Å²) in [5.41, 5.74) is 2.11. The molecule has 4 amide bonds. The van der Waals surface area contributed by atoms with Crippen molar-refractivity contribution in [2.75, 3.05) is 25.6 Å². The lowest BCUT2D eigenvalue weighted by atomic mass is 10.1. The summed E-state index contributed by atoms with van der Waals surface area (Å²) in [6, 6.07) is 12.0. The van der Waals surface area contributed by atoms with Gasteiger partial charge >= 0.3 is 6.03 Å². The summed E-state index contributed by atoms with van der Waals surface area (Å²) in [7, 11) is 1.54. The summed E-state index contributed by atoms with van der Waals surface area (Å²) in [6.45, 7) is 1.75. The fourth-order valence-electron chi connectivity index (χ4n) is 2.99. The number of carbonyl (C=O) groups excluding carboxylic acids is 3. The van der Waals surface area contributed by atoms with Crippen LogP contribution in [0.15, 0.2) is 48.5 Å². The van der Waals surface area contributed by atoms with Gasteiger partial charge in [0.05, 0.1) is 20.2 Å². The molecule has 0 radical (unpaired) electrons. The van der Waals surface area contributed by atoms with E-state index in [2.05, 4.69) is 10.6 Å². The summed E-state index contributed by atoms with van der Waals surface area (Å²) >= 11 is 0. The van der Waals surface area contributed by atoms with Crippen LogP contribution < -0.4 is 20.1 Å². The Labute approximate surface area is 174 Å². The summed E-state index contributed by atoms with van der Waals surface area (Å²) in [4.78, 5) is 37.1. The predicted octanol–water partition coefficient (Wildman–Crippen LogP) is 2.80. The molecule has 2 aromatic carbocycles. The minimum Gasteiger partial charge on any atom is -0.493 e. The number of hydrogen-bond donors (Lipinski definition) is 2. The standard InChI is InChI=1S/C22H23N3O5/c1-3-6-15-9-10-18(19(11-15)29-2)30-14-20(26)24-17-8-5-4-7-16(17)13-25-21(27)12-23-22(25)28/h3-11H,12-14H2,1-2H3,(H,23,28)(H,24,26)/b6-3+. The van der Waals surface area contributed by atoms with Crippen LogP contribution in [0.25, 0.3) is 6.08 Å². The number of para-hydroxylation sites is 1. The number of nitrogens with one attached hydrogen (secondary N) is 2. The summed E-state index contributed by atoms with van der Waals surface area (Å²) < 4.78 is 10.9. The molecular weight excluding hydrogens is 386 g/mol. The van der Waals surface area contributed by atoms with Gasteiger partial charge in [-0.1, -0.05) is 36.4 Å². The van der Waals surface area contributed by atoms with E-state index in [0.29, 0.717) is 22.7 Å². The van der Waals surface area contributed by atoms with Crippen molar-refractivity contribution >= 4 is 29.6 Å². The number of methoxy groups -OCH3 is 1. The van der Waals surface area contributed by atoms with E-state index >= 15 is 0 Å². The highest BCUT2D eigenvalue weighted by Crippen LogP contribution is 2.28. The van der Waals surface area contributed by atoms with Crippen LogP contribution in [0.2, 0.25) is 0 Å². The third kappa shape index (κ3) is 4.96. The molecular formula is C22H23N3O5. The van der Waals surface area contributed by atoms with E-state index in [9.17, 15) is 14.4 Å². The molecule has 0 unspecified atom stereocenters. The van der Waals surface area contributed by atoms with Gasteiger partial charge in [0.15, 0.2) is 18.1 Å². The number of anilines is 1. The minimum absolute atomic E-state index is 0.0180. The maximum atomic E-state index is 12.4. The number of allylic oxidation sites excluding steroid dienone is 1. The summed E-state index contributed by atoms with van der Waals surface area (Å²) in [5.74, 6) is 0.294. The van der Waals surface area contributed by atoms with Gasteiger partial charge in [-0.2, -0.15) is 0 Å². The minimum atomic E-state index is -0.446. The highest BCUT2D eigenvalue weighted by Gasteiger charge is 2.29. The molecule has 0 aromatic heterocycles. The van der Waals surface area contributed by atoms with Gasteiger partial charge in [0.2, 0.25) is 5.91 Å². The van der Waals surface area contributed by atoms with Crippen LogP contribution in [-0.4, -0.2) is 43.0 Å². The number of nitrogens with zero attached hydrogens (tertiary/aromatic N) is 1. The second kappa shape index (κ2) is 9.60. The van der Waals surface area contributed by atoms with Crippen LogP contribution in [0.5, 0.6) is 11.5 Å². The first kappa shape index (κ1) is 20.9. The van der Waals surface area contributed by atoms with Crippen molar-refractivity contribution in [3.05, 3.63) is 59.7 Å². The molecule has 2 aromatic rings. The number of imide groups is 1. The smallest absolute Gasteiger partial charge is 0.324 e. The second-order valence-electron chi connectivity index (χ2n) is 6.54. The van der Waals surface area contributed by atoms with Crippen molar-refractivity contribution in [3.63, 3.8) is 0 Å². The Morgan fingerprint density at radius 2 is 2.00 bits per heavy atom. The number of hydrogen-bond acceptors (Lipinski definition) is 5. The largest absolute Gasteiger partial charge is 0.493 e. The van der Waals surface area contributed by atoms with Crippen molar-refractivity contribution in [1.82, 2.24) is 10.2 Å². The molecule has 1 fully saturated rings.